The van der Waals surface area contributed by atoms with Crippen molar-refractivity contribution in [2.75, 3.05) is 0 Å². The van der Waals surface area contributed by atoms with Crippen molar-refractivity contribution in [1.82, 2.24) is 0 Å². The van der Waals surface area contributed by atoms with Crippen molar-refractivity contribution in [3.05, 3.63) is 37.3 Å². The molecule has 4 heteroatoms. The van der Waals surface area contributed by atoms with Crippen LogP contribution in [0, 0.1) is 6.92 Å². The van der Waals surface area contributed by atoms with Crippen LogP contribution in [0.5, 0.6) is 0 Å². The van der Waals surface area contributed by atoms with Gasteiger partial charge in [-0.05, 0) is 25.6 Å². The average molecular weight is 281 g/mol. The Morgan fingerprint density at radius 3 is 2.18 bits per heavy atom. The van der Waals surface area contributed by atoms with E-state index in [0.29, 0.717) is 6.10 Å². The number of halogens is 1. The van der Waals surface area contributed by atoms with Crippen molar-refractivity contribution in [2.24, 2.45) is 0 Å². The fourth-order valence-electron chi connectivity index (χ4n) is 1.92. The topological polar surface area (TPSA) is 9.23 Å². The summed E-state index contributed by atoms with van der Waals surface area (Å²) >= 11 is 0. The van der Waals surface area contributed by atoms with Gasteiger partial charge in [-0.25, -0.2) is 0 Å². The molecular formula is C13H21ClMgOSi. The van der Waals surface area contributed by atoms with Gasteiger partial charge in [0.1, 0.15) is 0 Å². The predicted molar refractivity (Wildman–Crippen MR) is 74.5 cm³/mol. The van der Waals surface area contributed by atoms with Gasteiger partial charge in [0.15, 0.2) is 0 Å². The molecule has 1 aromatic carbocycles. The first-order valence-corrected chi connectivity index (χ1v) is 8.22. The van der Waals surface area contributed by atoms with Crippen molar-refractivity contribution in [3.63, 3.8) is 0 Å². The molecule has 92 valence electrons. The molecule has 0 aliphatic rings. The molecule has 0 saturated carbocycles. The largest absolute Gasteiger partial charge is 2.00 e. The van der Waals surface area contributed by atoms with Gasteiger partial charge in [-0.2, -0.15) is 6.42 Å². The number of rotatable bonds is 5. The zero-order chi connectivity index (χ0) is 11.3. The van der Waals surface area contributed by atoms with Crippen LogP contribution >= 0.6 is 0 Å². The summed E-state index contributed by atoms with van der Waals surface area (Å²) in [6, 6.07) is 11.7. The van der Waals surface area contributed by atoms with Gasteiger partial charge in [-0.1, -0.05) is 36.4 Å². The Morgan fingerprint density at radius 1 is 1.24 bits per heavy atom. The van der Waals surface area contributed by atoms with Gasteiger partial charge >= 0.3 is 23.1 Å². The zero-order valence-electron chi connectivity index (χ0n) is 11.1. The monoisotopic (exact) mass is 280 g/mol. The molecule has 1 aromatic rings. The molecule has 1 atom stereocenters. The van der Waals surface area contributed by atoms with Crippen LogP contribution in [-0.4, -0.2) is 37.5 Å². The van der Waals surface area contributed by atoms with E-state index in [1.165, 1.54) is 5.19 Å². The third kappa shape index (κ3) is 6.25. The Labute approximate surface area is 129 Å². The summed E-state index contributed by atoms with van der Waals surface area (Å²) in [4.78, 5) is 0. The third-order valence-corrected chi connectivity index (χ3v) is 6.39. The molecule has 0 heterocycles. The molecule has 0 aromatic heterocycles. The van der Waals surface area contributed by atoms with E-state index in [9.17, 15) is 0 Å². The van der Waals surface area contributed by atoms with E-state index in [1.54, 1.807) is 0 Å². The molecule has 0 saturated heterocycles. The van der Waals surface area contributed by atoms with E-state index in [4.69, 9.17) is 4.43 Å². The molecule has 0 radical (unpaired) electrons. The summed E-state index contributed by atoms with van der Waals surface area (Å²) in [6.07, 6.45) is 1.25. The fourth-order valence-corrected chi connectivity index (χ4v) is 5.07. The molecular weight excluding hydrogens is 260 g/mol. The molecule has 1 nitrogen and oxygen atoms in total. The Bertz CT molecular complexity index is 295. The van der Waals surface area contributed by atoms with Gasteiger partial charge in [0, 0.05) is 6.10 Å². The van der Waals surface area contributed by atoms with Crippen molar-refractivity contribution in [3.8, 4) is 0 Å². The van der Waals surface area contributed by atoms with E-state index in [1.807, 2.05) is 0 Å². The predicted octanol–water partition coefficient (Wildman–Crippen LogP) is -0.259. The molecule has 1 rings (SSSR count). The maximum Gasteiger partial charge on any atom is 2.00 e. The Balaban J connectivity index is 0. The summed E-state index contributed by atoms with van der Waals surface area (Å²) in [5, 5.41) is 1.38. The van der Waals surface area contributed by atoms with E-state index in [0.717, 1.165) is 12.5 Å². The zero-order valence-corrected chi connectivity index (χ0v) is 14.2. The van der Waals surface area contributed by atoms with E-state index < -0.39 is 8.32 Å². The van der Waals surface area contributed by atoms with E-state index >= 15 is 0 Å². The summed E-state index contributed by atoms with van der Waals surface area (Å²) in [5.41, 5.74) is 0. The normalized spacial score (nSPS) is 13.5. The van der Waals surface area contributed by atoms with Crippen LogP contribution in [-0.2, 0) is 4.43 Å². The van der Waals surface area contributed by atoms with Crippen LogP contribution in [0.1, 0.15) is 20.3 Å². The summed E-state index contributed by atoms with van der Waals surface area (Å²) in [6.45, 7) is 10.5. The van der Waals surface area contributed by atoms with Crippen LogP contribution in [0.4, 0.5) is 0 Å². The minimum absolute atomic E-state index is 0. The fraction of sp³-hybridized carbons (Fsp3) is 0.462. The van der Waals surface area contributed by atoms with E-state index in [2.05, 4.69) is 57.7 Å². The first kappa shape index (κ1) is 19.8. The van der Waals surface area contributed by atoms with Gasteiger partial charge in [-0.15, -0.1) is 0 Å². The van der Waals surface area contributed by atoms with Gasteiger partial charge < -0.3 is 23.8 Å². The van der Waals surface area contributed by atoms with Crippen molar-refractivity contribution in [1.29, 1.82) is 0 Å². The van der Waals surface area contributed by atoms with Gasteiger partial charge in [-0.3, -0.25) is 0 Å². The third-order valence-electron chi connectivity index (χ3n) is 2.53. The molecule has 0 aliphatic carbocycles. The SMILES string of the molecule is [CH2-]CC[Si](C)(OC(C)C)c1ccccc1.[Cl-].[Mg+2]. The molecule has 1 unspecified atom stereocenters. The molecule has 0 aliphatic heterocycles. The Hall–Kier alpha value is 0.453. The van der Waals surface area contributed by atoms with Crippen LogP contribution in [0.2, 0.25) is 12.6 Å². The molecule has 0 N–H and O–H groups in total. The van der Waals surface area contributed by atoms with Crippen molar-refractivity contribution < 1.29 is 16.8 Å². The number of hydrogen-bond donors (Lipinski definition) is 0. The van der Waals surface area contributed by atoms with Crippen LogP contribution in [0.25, 0.3) is 0 Å². The molecule has 0 amide bonds. The summed E-state index contributed by atoms with van der Waals surface area (Å²) in [5.74, 6) is 0. The maximum absolute atomic E-state index is 6.16. The van der Waals surface area contributed by atoms with Crippen LogP contribution < -0.4 is 17.6 Å². The Kier molecular flexibility index (Phi) is 10.9. The number of hydrogen-bond acceptors (Lipinski definition) is 1. The van der Waals surface area contributed by atoms with Gasteiger partial charge in [0.05, 0.1) is 0 Å². The minimum atomic E-state index is -1.75. The molecule has 0 bridgehead atoms. The van der Waals surface area contributed by atoms with Crippen molar-refractivity contribution in [2.45, 2.75) is 39.0 Å². The molecule has 17 heavy (non-hydrogen) atoms. The number of benzene rings is 1. The Morgan fingerprint density at radius 2 is 1.76 bits per heavy atom. The van der Waals surface area contributed by atoms with E-state index in [-0.39, 0.29) is 35.5 Å². The second kappa shape index (κ2) is 9.39. The first-order valence-electron chi connectivity index (χ1n) is 5.61. The van der Waals surface area contributed by atoms with Crippen LogP contribution in [0.15, 0.2) is 30.3 Å². The van der Waals surface area contributed by atoms with Crippen LogP contribution in [0.3, 0.4) is 0 Å². The smallest absolute Gasteiger partial charge is 1.00 e. The quantitative estimate of drug-likeness (QED) is 0.534. The first-order chi connectivity index (χ1) is 7.08. The minimum Gasteiger partial charge on any atom is -1.00 e. The van der Waals surface area contributed by atoms with Gasteiger partial charge in [0.2, 0.25) is 8.32 Å². The second-order valence-electron chi connectivity index (χ2n) is 4.37. The summed E-state index contributed by atoms with van der Waals surface area (Å²) in [7, 11) is -1.75. The standard InChI is InChI=1S/C13H21OSi.ClH.Mg/c1-5-11-15(4,14-12(2)3)13-9-7-6-8-10-13;;/h6-10,12H,1,5,11H2,2-4H3;1H;/q-1;;+2/p-1. The van der Waals surface area contributed by atoms with Crippen molar-refractivity contribution >= 4 is 36.6 Å². The average Bonchev–Trinajstić information content (AvgIpc) is 2.18. The second-order valence-corrected chi connectivity index (χ2v) is 8.14. The summed E-state index contributed by atoms with van der Waals surface area (Å²) < 4.78 is 6.16. The molecule has 0 fully saturated rings. The van der Waals surface area contributed by atoms with Gasteiger partial charge in [0.25, 0.3) is 0 Å². The maximum atomic E-state index is 6.16. The molecule has 0 spiro atoms.